The minimum Gasteiger partial charge on any atom is -0.437 e. The first-order valence-corrected chi connectivity index (χ1v) is 13.9. The molecule has 212 valence electrons. The summed E-state index contributed by atoms with van der Waals surface area (Å²) in [5.41, 5.74) is 3.97. The molecule has 3 nitrogen and oxygen atoms in total. The Hall–Kier alpha value is -4.24. The van der Waals surface area contributed by atoms with Crippen molar-refractivity contribution in [3.05, 3.63) is 106 Å². The molecule has 0 fully saturated rings. The van der Waals surface area contributed by atoms with Crippen LogP contribution in [0.25, 0.3) is 55.6 Å². The van der Waals surface area contributed by atoms with E-state index in [-0.39, 0.29) is 44.6 Å². The summed E-state index contributed by atoms with van der Waals surface area (Å²) in [7, 11) is 1.69. The molecule has 6 rings (SSSR count). The average molecular weight is 566 g/mol. The molecule has 0 aliphatic heterocycles. The van der Waals surface area contributed by atoms with E-state index in [9.17, 15) is 0 Å². The second kappa shape index (κ2) is 10.2. The third-order valence-corrected chi connectivity index (χ3v) is 7.68. The van der Waals surface area contributed by atoms with E-state index < -0.39 is 27.4 Å². The highest BCUT2D eigenvalue weighted by Crippen LogP contribution is 2.39. The van der Waals surface area contributed by atoms with Gasteiger partial charge in [0, 0.05) is 44.5 Å². The molecule has 3 heterocycles. The molecule has 0 bridgehead atoms. The molecule has 0 atom stereocenters. The number of rotatable bonds is 4. The number of benzene rings is 3. The van der Waals surface area contributed by atoms with Crippen molar-refractivity contribution < 1.29 is 25.4 Å². The van der Waals surface area contributed by atoms with Crippen LogP contribution in [0.4, 0.5) is 0 Å². The van der Waals surface area contributed by atoms with Gasteiger partial charge in [-0.15, -0.1) is 0 Å². The van der Waals surface area contributed by atoms with Gasteiger partial charge in [-0.3, -0.25) is 0 Å². The molecule has 0 radical (unpaired) electrons. The van der Waals surface area contributed by atoms with Crippen LogP contribution in [-0.4, -0.2) is 4.98 Å². The van der Waals surface area contributed by atoms with Crippen LogP contribution in [0.5, 0.6) is 0 Å². The monoisotopic (exact) mass is 565 g/mol. The zero-order valence-corrected chi connectivity index (χ0v) is 24.4. The number of fused-ring (bicyclic) bond motifs is 3. The molecule has 3 heteroatoms. The summed E-state index contributed by atoms with van der Waals surface area (Å²) in [4.78, 5) is 4.29. The molecule has 0 amide bonds. The summed E-state index contributed by atoms with van der Waals surface area (Å²) in [6.45, 7) is -2.25. The molecule has 3 aromatic carbocycles. The van der Waals surface area contributed by atoms with Crippen molar-refractivity contribution in [3.63, 3.8) is 0 Å². The molecule has 0 N–H and O–H groups in total. The van der Waals surface area contributed by atoms with Gasteiger partial charge in [-0.25, -0.2) is 9.55 Å². The first-order valence-electron chi connectivity index (χ1n) is 19.9. The number of aromatic nitrogens is 2. The molecule has 0 aliphatic carbocycles. The maximum atomic E-state index is 8.60. The highest BCUT2D eigenvalue weighted by molar-refractivity contribution is 6.09. The Kier molecular flexibility index (Phi) is 4.15. The van der Waals surface area contributed by atoms with Crippen molar-refractivity contribution in [2.24, 2.45) is 12.5 Å². The van der Waals surface area contributed by atoms with Crippen LogP contribution in [0.15, 0.2) is 77.3 Å². The topological polar surface area (TPSA) is 29.9 Å². The second-order valence-corrected chi connectivity index (χ2v) is 12.3. The lowest BCUT2D eigenvalue weighted by molar-refractivity contribution is -0.660. The normalized spacial score (nSPS) is 17.5. The summed E-state index contributed by atoms with van der Waals surface area (Å²) < 4.78 is 108. The van der Waals surface area contributed by atoms with E-state index >= 15 is 0 Å². The smallest absolute Gasteiger partial charge is 0.227 e. The summed E-state index contributed by atoms with van der Waals surface area (Å²) in [6, 6.07) is 18.3. The molecule has 0 unspecified atom stereocenters. The molecular formula is C39H41N2O+. The molecule has 0 saturated carbocycles. The van der Waals surface area contributed by atoms with Gasteiger partial charge in [0.1, 0.15) is 7.05 Å². The lowest BCUT2D eigenvalue weighted by atomic mass is 9.86. The Bertz CT molecular complexity index is 2430. The number of furan rings is 1. The quantitative estimate of drug-likeness (QED) is 0.199. The third-order valence-electron chi connectivity index (χ3n) is 7.68. The van der Waals surface area contributed by atoms with Crippen LogP contribution >= 0.6 is 0 Å². The predicted octanol–water partition coefficient (Wildman–Crippen LogP) is 9.94. The first-order chi connectivity index (χ1) is 24.7. The largest absolute Gasteiger partial charge is 0.437 e. The summed E-state index contributed by atoms with van der Waals surface area (Å²) >= 11 is 0. The molecule has 6 aromatic rings. The van der Waals surface area contributed by atoms with Crippen molar-refractivity contribution in [2.75, 3.05) is 0 Å². The standard InChI is InChI=1S/C39H41N2O/c1-23-10-14-32-33-15-11-27(5)40-38(33)42-37(32)36(23)35-20-34(26(4)22-41(35)9)31-17-13-29(19-25(31)3)30-16-12-28(18-24(30)2)21-39(6,7)8/h10-20,22H,21H2,1-9H3/q+1/i2D3,3D3,4D3,5D3. The average Bonchev–Trinajstić information content (AvgIpc) is 3.40. The van der Waals surface area contributed by atoms with Crippen LogP contribution in [-0.2, 0) is 13.5 Å². The van der Waals surface area contributed by atoms with Crippen LogP contribution in [0.1, 0.15) is 70.7 Å². The van der Waals surface area contributed by atoms with E-state index in [4.69, 9.17) is 20.9 Å². The van der Waals surface area contributed by atoms with Gasteiger partial charge in [-0.2, -0.15) is 0 Å². The number of nitrogens with zero attached hydrogens (tertiary/aromatic N) is 2. The fraction of sp³-hybridized carbons (Fsp3) is 0.282. The molecular weight excluding hydrogens is 512 g/mol. The number of pyridine rings is 2. The zero-order chi connectivity index (χ0) is 39.9. The minimum absolute atomic E-state index is 0.0832. The zero-order valence-electron chi connectivity index (χ0n) is 36.4. The lowest BCUT2D eigenvalue weighted by Crippen LogP contribution is -2.31. The fourth-order valence-electron chi connectivity index (χ4n) is 5.77. The van der Waals surface area contributed by atoms with Crippen LogP contribution < -0.4 is 4.57 Å². The Morgan fingerprint density at radius 1 is 0.762 bits per heavy atom. The van der Waals surface area contributed by atoms with Gasteiger partial charge >= 0.3 is 0 Å². The van der Waals surface area contributed by atoms with Crippen molar-refractivity contribution in [1.82, 2.24) is 4.98 Å². The third kappa shape index (κ3) is 5.02. The van der Waals surface area contributed by atoms with E-state index in [1.807, 2.05) is 25.1 Å². The van der Waals surface area contributed by atoms with Gasteiger partial charge in [0.2, 0.25) is 11.4 Å². The first kappa shape index (κ1) is 17.0. The second-order valence-electron chi connectivity index (χ2n) is 12.3. The number of hydrogen-bond acceptors (Lipinski definition) is 2. The fourth-order valence-corrected chi connectivity index (χ4v) is 5.77. The Morgan fingerprint density at radius 3 is 2.29 bits per heavy atom. The van der Waals surface area contributed by atoms with Gasteiger partial charge in [-0.05, 0) is 103 Å². The number of hydrogen-bond donors (Lipinski definition) is 0. The van der Waals surface area contributed by atoms with Gasteiger partial charge in [-0.1, -0.05) is 69.3 Å². The van der Waals surface area contributed by atoms with Gasteiger partial charge in [0.25, 0.3) is 0 Å². The van der Waals surface area contributed by atoms with Crippen LogP contribution in [0, 0.1) is 39.7 Å². The van der Waals surface area contributed by atoms with Crippen LogP contribution in [0.3, 0.4) is 0 Å². The highest BCUT2D eigenvalue weighted by atomic mass is 16.3. The highest BCUT2D eigenvalue weighted by Gasteiger charge is 2.23. The van der Waals surface area contributed by atoms with E-state index in [0.29, 0.717) is 45.2 Å². The molecule has 3 aromatic heterocycles. The van der Waals surface area contributed by atoms with E-state index in [1.54, 1.807) is 48.0 Å². The predicted molar refractivity (Wildman–Crippen MR) is 176 cm³/mol. The lowest BCUT2D eigenvalue weighted by Gasteiger charge is -2.19. The van der Waals surface area contributed by atoms with Gasteiger partial charge in [0.15, 0.2) is 11.8 Å². The minimum atomic E-state index is -2.72. The van der Waals surface area contributed by atoms with E-state index in [1.165, 1.54) is 18.3 Å². The maximum Gasteiger partial charge on any atom is 0.227 e. The van der Waals surface area contributed by atoms with Gasteiger partial charge in [0.05, 0.1) is 5.56 Å². The summed E-state index contributed by atoms with van der Waals surface area (Å²) in [6.07, 6.45) is 2.10. The van der Waals surface area contributed by atoms with Crippen molar-refractivity contribution in [3.8, 4) is 33.5 Å². The molecule has 0 spiro atoms. The number of aryl methyl sites for hydroxylation is 6. The molecule has 0 aliphatic rings. The summed E-state index contributed by atoms with van der Waals surface area (Å²) in [5.74, 6) is 0. The Morgan fingerprint density at radius 2 is 1.52 bits per heavy atom. The van der Waals surface area contributed by atoms with E-state index in [2.05, 4.69) is 25.8 Å². The van der Waals surface area contributed by atoms with Crippen molar-refractivity contribution in [1.29, 1.82) is 0 Å². The van der Waals surface area contributed by atoms with Crippen LogP contribution in [0.2, 0.25) is 0 Å². The summed E-state index contributed by atoms with van der Waals surface area (Å²) in [5, 5.41) is 1.27. The SMILES string of the molecule is [2H]C([2H])([2H])c1ccc2c(n1)oc1c(-c3cc(-c4ccc(-c5ccc(CC(C)(C)C)cc5C([2H])([2H])[2H])cc4C([2H])([2H])[2H])c(C([2H])([2H])[2H])c[n+]3C)c(C)ccc12. The molecule has 42 heavy (non-hydrogen) atoms. The Balaban J connectivity index is 1.61. The molecule has 0 saturated heterocycles. The Labute approximate surface area is 266 Å². The van der Waals surface area contributed by atoms with Crippen molar-refractivity contribution >= 4 is 22.1 Å². The van der Waals surface area contributed by atoms with Gasteiger partial charge < -0.3 is 4.42 Å². The van der Waals surface area contributed by atoms with E-state index in [0.717, 1.165) is 11.1 Å². The maximum absolute atomic E-state index is 8.60. The van der Waals surface area contributed by atoms with Crippen molar-refractivity contribution in [2.45, 2.75) is 61.5 Å².